The summed E-state index contributed by atoms with van der Waals surface area (Å²) in [5, 5.41) is 6.45. The molecule has 0 saturated carbocycles. The van der Waals surface area contributed by atoms with Crippen LogP contribution in [0.2, 0.25) is 10.0 Å². The van der Waals surface area contributed by atoms with E-state index in [0.717, 1.165) is 4.90 Å². The molecule has 0 bridgehead atoms. The fraction of sp³-hybridized carbons (Fsp3) is 0.263. The van der Waals surface area contributed by atoms with Gasteiger partial charge in [-0.05, 0) is 42.5 Å². The van der Waals surface area contributed by atoms with Crippen LogP contribution in [0, 0.1) is 0 Å². The van der Waals surface area contributed by atoms with Gasteiger partial charge in [-0.3, -0.25) is 9.59 Å². The number of benzene rings is 2. The first-order valence-corrected chi connectivity index (χ1v) is 9.98. The lowest BCUT2D eigenvalue weighted by molar-refractivity contribution is -0.115. The summed E-state index contributed by atoms with van der Waals surface area (Å²) in [4.78, 5) is 25.2. The van der Waals surface area contributed by atoms with Crippen molar-refractivity contribution in [3.8, 4) is 0 Å². The number of anilines is 1. The number of methoxy groups -OCH3 is 1. The van der Waals surface area contributed by atoms with E-state index in [4.69, 9.17) is 27.9 Å². The van der Waals surface area contributed by atoms with Crippen molar-refractivity contribution in [2.75, 3.05) is 31.3 Å². The second kappa shape index (κ2) is 11.2. The van der Waals surface area contributed by atoms with Gasteiger partial charge in [-0.2, -0.15) is 0 Å². The van der Waals surface area contributed by atoms with E-state index in [1.165, 1.54) is 0 Å². The fourth-order valence-corrected chi connectivity index (χ4v) is 3.40. The largest absolute Gasteiger partial charge is 0.383 e. The second-order valence-electron chi connectivity index (χ2n) is 5.54. The molecule has 0 spiro atoms. The average Bonchev–Trinajstić information content (AvgIpc) is 2.63. The Hall–Kier alpha value is -1.73. The standard InChI is InChI=1S/C19H20Cl2N2O3S/c1-26-10-9-22-19(25)16-7-4-14(12-17(16)21)23-18(24)8-11-27-15-5-2-13(20)3-6-15/h2-7,12H,8-11H2,1H3,(H,22,25)(H,23,24). The Kier molecular flexibility index (Phi) is 8.94. The summed E-state index contributed by atoms with van der Waals surface area (Å²) in [6, 6.07) is 12.3. The van der Waals surface area contributed by atoms with Gasteiger partial charge in [0.2, 0.25) is 5.91 Å². The van der Waals surface area contributed by atoms with E-state index < -0.39 is 0 Å². The summed E-state index contributed by atoms with van der Waals surface area (Å²) in [7, 11) is 1.56. The Bertz CT molecular complexity index is 785. The number of halogens is 2. The third kappa shape index (κ3) is 7.42. The summed E-state index contributed by atoms with van der Waals surface area (Å²) in [6.45, 7) is 0.820. The van der Waals surface area contributed by atoms with Crippen LogP contribution < -0.4 is 10.6 Å². The highest BCUT2D eigenvalue weighted by Gasteiger charge is 2.11. The van der Waals surface area contributed by atoms with E-state index in [2.05, 4.69) is 10.6 Å². The molecule has 144 valence electrons. The number of thioether (sulfide) groups is 1. The molecule has 2 amide bonds. The van der Waals surface area contributed by atoms with Gasteiger partial charge < -0.3 is 15.4 Å². The molecule has 0 heterocycles. The summed E-state index contributed by atoms with van der Waals surface area (Å²) in [6.07, 6.45) is 0.351. The highest BCUT2D eigenvalue weighted by molar-refractivity contribution is 7.99. The zero-order valence-electron chi connectivity index (χ0n) is 14.8. The molecule has 0 aromatic heterocycles. The second-order valence-corrected chi connectivity index (χ2v) is 7.56. The number of hydrogen-bond donors (Lipinski definition) is 2. The van der Waals surface area contributed by atoms with Gasteiger partial charge in [-0.15, -0.1) is 11.8 Å². The van der Waals surface area contributed by atoms with Gasteiger partial charge in [0.15, 0.2) is 0 Å². The smallest absolute Gasteiger partial charge is 0.252 e. The summed E-state index contributed by atoms with van der Waals surface area (Å²) in [5.74, 6) is 0.236. The Labute approximate surface area is 172 Å². The van der Waals surface area contributed by atoms with Crippen molar-refractivity contribution in [1.82, 2.24) is 5.32 Å². The van der Waals surface area contributed by atoms with Crippen LogP contribution in [0.15, 0.2) is 47.4 Å². The zero-order chi connectivity index (χ0) is 19.6. The van der Waals surface area contributed by atoms with Gasteiger partial charge in [-0.25, -0.2) is 0 Å². The monoisotopic (exact) mass is 426 g/mol. The maximum absolute atomic E-state index is 12.1. The number of carbonyl (C=O) groups is 2. The third-order valence-electron chi connectivity index (χ3n) is 3.50. The first-order chi connectivity index (χ1) is 13.0. The SMILES string of the molecule is COCCNC(=O)c1ccc(NC(=O)CCSc2ccc(Cl)cc2)cc1Cl. The maximum atomic E-state index is 12.1. The molecule has 0 fully saturated rings. The van der Waals surface area contributed by atoms with Gasteiger partial charge in [0.1, 0.15) is 0 Å². The highest BCUT2D eigenvalue weighted by atomic mass is 35.5. The maximum Gasteiger partial charge on any atom is 0.252 e. The quantitative estimate of drug-likeness (QED) is 0.457. The molecule has 0 saturated heterocycles. The zero-order valence-corrected chi connectivity index (χ0v) is 17.1. The van der Waals surface area contributed by atoms with Crippen molar-refractivity contribution in [1.29, 1.82) is 0 Å². The molecule has 2 aromatic rings. The minimum absolute atomic E-state index is 0.121. The minimum atomic E-state index is -0.283. The normalized spacial score (nSPS) is 10.5. The lowest BCUT2D eigenvalue weighted by Gasteiger charge is -2.09. The van der Waals surface area contributed by atoms with Crippen LogP contribution in [0.25, 0.3) is 0 Å². The van der Waals surface area contributed by atoms with Gasteiger partial charge >= 0.3 is 0 Å². The Morgan fingerprint density at radius 1 is 1.11 bits per heavy atom. The number of carbonyl (C=O) groups excluding carboxylic acids is 2. The van der Waals surface area contributed by atoms with Crippen LogP contribution in [0.3, 0.4) is 0 Å². The highest BCUT2D eigenvalue weighted by Crippen LogP contribution is 2.23. The van der Waals surface area contributed by atoms with E-state index >= 15 is 0 Å². The third-order valence-corrected chi connectivity index (χ3v) is 5.08. The predicted molar refractivity (Wildman–Crippen MR) is 111 cm³/mol. The molecule has 0 aliphatic rings. The number of rotatable bonds is 9. The van der Waals surface area contributed by atoms with E-state index in [1.54, 1.807) is 37.1 Å². The molecule has 5 nitrogen and oxygen atoms in total. The van der Waals surface area contributed by atoms with Gasteiger partial charge in [-0.1, -0.05) is 23.2 Å². The molecule has 2 N–H and O–H groups in total. The first kappa shape index (κ1) is 21.6. The Balaban J connectivity index is 1.82. The topological polar surface area (TPSA) is 67.4 Å². The van der Waals surface area contributed by atoms with Crippen LogP contribution in [-0.2, 0) is 9.53 Å². The number of hydrogen-bond acceptors (Lipinski definition) is 4. The van der Waals surface area contributed by atoms with Crippen LogP contribution in [-0.4, -0.2) is 37.8 Å². The van der Waals surface area contributed by atoms with E-state index in [-0.39, 0.29) is 16.8 Å². The van der Waals surface area contributed by atoms with Gasteiger partial charge in [0.05, 0.1) is 17.2 Å². The van der Waals surface area contributed by atoms with E-state index in [9.17, 15) is 9.59 Å². The van der Waals surface area contributed by atoms with Crippen LogP contribution in [0.5, 0.6) is 0 Å². The summed E-state index contributed by atoms with van der Waals surface area (Å²) in [5.41, 5.74) is 0.902. The fourth-order valence-electron chi connectivity index (χ4n) is 2.15. The molecular formula is C19H20Cl2N2O3S. The number of amides is 2. The number of ether oxygens (including phenoxy) is 1. The molecule has 0 aliphatic heterocycles. The Morgan fingerprint density at radius 2 is 1.85 bits per heavy atom. The van der Waals surface area contributed by atoms with Crippen molar-refractivity contribution in [3.63, 3.8) is 0 Å². The van der Waals surface area contributed by atoms with Gasteiger partial charge in [0.25, 0.3) is 5.91 Å². The minimum Gasteiger partial charge on any atom is -0.383 e. The molecule has 0 aliphatic carbocycles. The van der Waals surface area contributed by atoms with Crippen molar-refractivity contribution in [3.05, 3.63) is 58.1 Å². The summed E-state index contributed by atoms with van der Waals surface area (Å²) >= 11 is 13.6. The molecule has 2 aromatic carbocycles. The first-order valence-electron chi connectivity index (χ1n) is 8.24. The van der Waals surface area contributed by atoms with Crippen molar-refractivity contribution in [2.24, 2.45) is 0 Å². The molecule has 0 unspecified atom stereocenters. The molecule has 0 atom stereocenters. The van der Waals surface area contributed by atoms with E-state index in [0.29, 0.717) is 41.6 Å². The van der Waals surface area contributed by atoms with Crippen LogP contribution >= 0.6 is 35.0 Å². The van der Waals surface area contributed by atoms with Crippen LogP contribution in [0.1, 0.15) is 16.8 Å². The van der Waals surface area contributed by atoms with Crippen molar-refractivity contribution >= 4 is 52.5 Å². The lowest BCUT2D eigenvalue weighted by atomic mass is 10.2. The van der Waals surface area contributed by atoms with Crippen LogP contribution in [0.4, 0.5) is 5.69 Å². The molecule has 2 rings (SSSR count). The van der Waals surface area contributed by atoms with E-state index in [1.807, 2.05) is 24.3 Å². The Morgan fingerprint density at radius 3 is 2.52 bits per heavy atom. The summed E-state index contributed by atoms with van der Waals surface area (Å²) < 4.78 is 4.88. The number of nitrogens with one attached hydrogen (secondary N) is 2. The molecule has 27 heavy (non-hydrogen) atoms. The molecular weight excluding hydrogens is 407 g/mol. The van der Waals surface area contributed by atoms with Crippen molar-refractivity contribution in [2.45, 2.75) is 11.3 Å². The lowest BCUT2D eigenvalue weighted by Crippen LogP contribution is -2.27. The predicted octanol–water partition coefficient (Wildman–Crippen LogP) is 4.49. The average molecular weight is 427 g/mol. The molecule has 0 radical (unpaired) electrons. The molecule has 8 heteroatoms. The van der Waals surface area contributed by atoms with Gasteiger partial charge in [0, 0.05) is 41.4 Å². The van der Waals surface area contributed by atoms with Crippen molar-refractivity contribution < 1.29 is 14.3 Å².